The van der Waals surface area contributed by atoms with Gasteiger partial charge in [0, 0.05) is 12.7 Å². The summed E-state index contributed by atoms with van der Waals surface area (Å²) >= 11 is 0. The molecule has 1 aliphatic rings. The van der Waals surface area contributed by atoms with E-state index in [1.165, 1.54) is 48.9 Å². The number of hydrogen-bond donors (Lipinski definition) is 1. The average molecular weight is 306 g/mol. The lowest BCUT2D eigenvalue weighted by Crippen LogP contribution is -2.15. The molecular formula is C21H39N. The fourth-order valence-corrected chi connectivity index (χ4v) is 3.37. The SMILES string of the molecule is CC.CC.CCc1ccc(CC2CCCC(C)C2)cc1NC. The third kappa shape index (κ3) is 6.85. The maximum Gasteiger partial charge on any atom is 0.0372 e. The molecule has 1 N–H and O–H groups in total. The van der Waals surface area contributed by atoms with Crippen molar-refractivity contribution in [2.24, 2.45) is 11.8 Å². The van der Waals surface area contributed by atoms with Crippen LogP contribution in [0.15, 0.2) is 18.2 Å². The van der Waals surface area contributed by atoms with Gasteiger partial charge in [0.05, 0.1) is 0 Å². The van der Waals surface area contributed by atoms with Crippen LogP contribution in [0, 0.1) is 11.8 Å². The zero-order valence-corrected chi connectivity index (χ0v) is 16.1. The molecule has 0 spiro atoms. The van der Waals surface area contributed by atoms with Crippen LogP contribution in [0.5, 0.6) is 0 Å². The Bertz CT molecular complexity index is 383. The molecule has 2 unspecified atom stereocenters. The van der Waals surface area contributed by atoms with Gasteiger partial charge in [-0.15, -0.1) is 0 Å². The maximum atomic E-state index is 3.33. The molecule has 0 heterocycles. The van der Waals surface area contributed by atoms with Gasteiger partial charge in [-0.05, 0) is 48.3 Å². The number of aryl methyl sites for hydroxylation is 1. The van der Waals surface area contributed by atoms with Gasteiger partial charge in [-0.1, -0.05) is 72.9 Å². The Hall–Kier alpha value is -0.980. The summed E-state index contributed by atoms with van der Waals surface area (Å²) in [4.78, 5) is 0. The maximum absolute atomic E-state index is 3.33. The molecular weight excluding hydrogens is 266 g/mol. The van der Waals surface area contributed by atoms with Gasteiger partial charge in [-0.25, -0.2) is 0 Å². The topological polar surface area (TPSA) is 12.0 Å². The van der Waals surface area contributed by atoms with Crippen molar-refractivity contribution in [3.63, 3.8) is 0 Å². The standard InChI is InChI=1S/C17H27N.2C2H6/c1-4-16-9-8-15(12-17(16)18-3)11-14-7-5-6-13(2)10-14;2*1-2/h8-9,12-14,18H,4-7,10-11H2,1-3H3;2*1-2H3. The normalized spacial score (nSPS) is 20.1. The molecule has 2 atom stereocenters. The monoisotopic (exact) mass is 305 g/mol. The highest BCUT2D eigenvalue weighted by Gasteiger charge is 2.19. The molecule has 1 aliphatic carbocycles. The van der Waals surface area contributed by atoms with Crippen molar-refractivity contribution in [1.82, 2.24) is 0 Å². The molecule has 0 amide bonds. The lowest BCUT2D eigenvalue weighted by Gasteiger charge is -2.27. The number of nitrogens with one attached hydrogen (secondary N) is 1. The van der Waals surface area contributed by atoms with E-state index in [1.807, 2.05) is 34.7 Å². The van der Waals surface area contributed by atoms with E-state index >= 15 is 0 Å². The lowest BCUT2D eigenvalue weighted by molar-refractivity contribution is 0.281. The van der Waals surface area contributed by atoms with Gasteiger partial charge in [-0.2, -0.15) is 0 Å². The molecule has 1 fully saturated rings. The third-order valence-corrected chi connectivity index (χ3v) is 4.39. The first-order valence-corrected chi connectivity index (χ1v) is 9.52. The number of benzene rings is 1. The molecule has 0 saturated heterocycles. The van der Waals surface area contributed by atoms with Crippen LogP contribution < -0.4 is 5.32 Å². The second-order valence-corrected chi connectivity index (χ2v) is 5.94. The van der Waals surface area contributed by atoms with E-state index in [0.717, 1.165) is 18.3 Å². The zero-order valence-electron chi connectivity index (χ0n) is 16.1. The van der Waals surface area contributed by atoms with E-state index in [4.69, 9.17) is 0 Å². The van der Waals surface area contributed by atoms with Crippen LogP contribution in [-0.4, -0.2) is 7.05 Å². The van der Waals surface area contributed by atoms with Gasteiger partial charge >= 0.3 is 0 Å². The Balaban J connectivity index is 0.00000102. The summed E-state index contributed by atoms with van der Waals surface area (Å²) in [6.07, 6.45) is 8.09. The molecule has 0 aliphatic heterocycles. The van der Waals surface area contributed by atoms with Crippen LogP contribution in [0.1, 0.15) is 78.4 Å². The molecule has 0 radical (unpaired) electrons. The van der Waals surface area contributed by atoms with Crippen LogP contribution in [0.25, 0.3) is 0 Å². The predicted octanol–water partition coefficient (Wildman–Crippen LogP) is 6.71. The van der Waals surface area contributed by atoms with Gasteiger partial charge in [-0.3, -0.25) is 0 Å². The van der Waals surface area contributed by atoms with Crippen molar-refractivity contribution in [3.8, 4) is 0 Å². The van der Waals surface area contributed by atoms with Crippen LogP contribution in [0.2, 0.25) is 0 Å². The highest BCUT2D eigenvalue weighted by Crippen LogP contribution is 2.31. The Morgan fingerprint density at radius 3 is 2.32 bits per heavy atom. The first kappa shape index (κ1) is 21.0. The van der Waals surface area contributed by atoms with Crippen LogP contribution in [-0.2, 0) is 12.8 Å². The summed E-state index contributed by atoms with van der Waals surface area (Å²) in [5.74, 6) is 1.84. The summed E-state index contributed by atoms with van der Waals surface area (Å²) in [6.45, 7) is 12.6. The molecule has 1 saturated carbocycles. The fraction of sp³-hybridized carbons (Fsp3) is 0.714. The predicted molar refractivity (Wildman–Crippen MR) is 103 cm³/mol. The van der Waals surface area contributed by atoms with E-state index in [1.54, 1.807) is 0 Å². The zero-order chi connectivity index (χ0) is 17.0. The van der Waals surface area contributed by atoms with E-state index in [0.29, 0.717) is 0 Å². The van der Waals surface area contributed by atoms with Crippen molar-refractivity contribution in [3.05, 3.63) is 29.3 Å². The van der Waals surface area contributed by atoms with E-state index < -0.39 is 0 Å². The molecule has 22 heavy (non-hydrogen) atoms. The van der Waals surface area contributed by atoms with Gasteiger partial charge in [0.1, 0.15) is 0 Å². The quantitative estimate of drug-likeness (QED) is 0.651. The van der Waals surface area contributed by atoms with Gasteiger partial charge in [0.25, 0.3) is 0 Å². The van der Waals surface area contributed by atoms with Crippen molar-refractivity contribution < 1.29 is 0 Å². The van der Waals surface area contributed by atoms with Crippen LogP contribution in [0.4, 0.5) is 5.69 Å². The molecule has 1 nitrogen and oxygen atoms in total. The third-order valence-electron chi connectivity index (χ3n) is 4.39. The summed E-state index contributed by atoms with van der Waals surface area (Å²) < 4.78 is 0. The Kier molecular flexibility index (Phi) is 12.0. The van der Waals surface area contributed by atoms with E-state index in [-0.39, 0.29) is 0 Å². The second-order valence-electron chi connectivity index (χ2n) is 5.94. The van der Waals surface area contributed by atoms with Gasteiger partial charge in [0.15, 0.2) is 0 Å². The molecule has 128 valence electrons. The summed E-state index contributed by atoms with van der Waals surface area (Å²) in [6, 6.07) is 6.99. The molecule has 0 aromatic heterocycles. The largest absolute Gasteiger partial charge is 0.388 e. The Morgan fingerprint density at radius 1 is 1.09 bits per heavy atom. The van der Waals surface area contributed by atoms with Crippen molar-refractivity contribution in [2.75, 3.05) is 12.4 Å². The highest BCUT2D eigenvalue weighted by atomic mass is 14.8. The second kappa shape index (κ2) is 12.6. The van der Waals surface area contributed by atoms with E-state index in [2.05, 4.69) is 37.4 Å². The minimum Gasteiger partial charge on any atom is -0.388 e. The smallest absolute Gasteiger partial charge is 0.0372 e. The number of anilines is 1. The van der Waals surface area contributed by atoms with Crippen molar-refractivity contribution >= 4 is 5.69 Å². The summed E-state index contributed by atoms with van der Waals surface area (Å²) in [7, 11) is 2.03. The van der Waals surface area contributed by atoms with Crippen molar-refractivity contribution in [2.45, 2.75) is 80.1 Å². The first-order valence-electron chi connectivity index (χ1n) is 9.52. The molecule has 0 bridgehead atoms. The molecule has 1 aromatic rings. The molecule has 1 aromatic carbocycles. The first-order chi connectivity index (χ1) is 10.7. The number of hydrogen-bond acceptors (Lipinski definition) is 1. The van der Waals surface area contributed by atoms with Crippen molar-refractivity contribution in [1.29, 1.82) is 0 Å². The average Bonchev–Trinajstić information content (AvgIpc) is 2.58. The summed E-state index contributed by atoms with van der Waals surface area (Å²) in [5.41, 5.74) is 4.26. The van der Waals surface area contributed by atoms with E-state index in [9.17, 15) is 0 Å². The molecule has 1 heteroatoms. The Morgan fingerprint density at radius 2 is 1.77 bits per heavy atom. The number of rotatable bonds is 4. The lowest BCUT2D eigenvalue weighted by atomic mass is 9.79. The van der Waals surface area contributed by atoms with Gasteiger partial charge < -0.3 is 5.32 Å². The highest BCUT2D eigenvalue weighted by molar-refractivity contribution is 5.53. The van der Waals surface area contributed by atoms with Crippen LogP contribution >= 0.6 is 0 Å². The minimum atomic E-state index is 0.908. The van der Waals surface area contributed by atoms with Gasteiger partial charge in [0.2, 0.25) is 0 Å². The van der Waals surface area contributed by atoms with Crippen LogP contribution in [0.3, 0.4) is 0 Å². The minimum absolute atomic E-state index is 0.908. The summed E-state index contributed by atoms with van der Waals surface area (Å²) in [5, 5.41) is 3.33. The Labute approximate surface area is 139 Å². The molecule has 2 rings (SSSR count). The fourth-order valence-electron chi connectivity index (χ4n) is 3.37.